The molecule has 0 spiro atoms. The van der Waals surface area contributed by atoms with E-state index in [0.29, 0.717) is 0 Å². The standard InChI is InChI=1S/C9H11N2S3.C7H8O3S/c1-12-7-5-10-4-6-8(7)14(3)9(11-6)13-2;1-6-2-4-7(5-3-6)11(8,9)10/h4-5H,1-3H3;2-5H,1H3,(H,8,9,10)/q+1;/p-1. The summed E-state index contributed by atoms with van der Waals surface area (Å²) in [5.74, 6) is 0. The fourth-order valence-corrected chi connectivity index (χ4v) is 6.25. The van der Waals surface area contributed by atoms with Gasteiger partial charge in [-0.2, -0.15) is 4.98 Å². The molecule has 0 radical (unpaired) electrons. The van der Waals surface area contributed by atoms with Crippen molar-refractivity contribution in [1.29, 1.82) is 0 Å². The Morgan fingerprint density at radius 1 is 1.08 bits per heavy atom. The van der Waals surface area contributed by atoms with Crippen LogP contribution in [0, 0.1) is 6.92 Å². The number of aryl methyl sites for hydroxylation is 2. The van der Waals surface area contributed by atoms with Crippen LogP contribution < -0.4 is 0 Å². The molecule has 1 atom stereocenters. The molecule has 0 aliphatic carbocycles. The molecule has 1 aromatic carbocycles. The van der Waals surface area contributed by atoms with E-state index in [1.807, 2.05) is 19.3 Å². The lowest BCUT2D eigenvalue weighted by Gasteiger charge is -2.05. The molecule has 0 saturated carbocycles. The number of pyridine rings is 1. The van der Waals surface area contributed by atoms with Crippen LogP contribution in [0.3, 0.4) is 0 Å². The highest BCUT2D eigenvalue weighted by Crippen LogP contribution is 2.40. The van der Waals surface area contributed by atoms with Gasteiger partial charge in [0.05, 0.1) is 16.0 Å². The summed E-state index contributed by atoms with van der Waals surface area (Å²) >= 11 is 3.49. The first-order valence-corrected chi connectivity index (χ1v) is 12.6. The number of rotatable bonds is 3. The monoisotopic (exact) mass is 414 g/mol. The normalized spacial score (nSPS) is 12.0. The van der Waals surface area contributed by atoms with Gasteiger partial charge in [0.15, 0.2) is 0 Å². The number of thiazole rings is 1. The molecule has 2 heterocycles. The largest absolute Gasteiger partial charge is 0.744 e. The van der Waals surface area contributed by atoms with Gasteiger partial charge in [0.25, 0.3) is 0 Å². The summed E-state index contributed by atoms with van der Waals surface area (Å²) in [7, 11) is -4.11. The van der Waals surface area contributed by atoms with Gasteiger partial charge < -0.3 is 4.55 Å². The van der Waals surface area contributed by atoms with Crippen molar-refractivity contribution in [3.8, 4) is 0 Å². The summed E-state index contributed by atoms with van der Waals surface area (Å²) in [6.07, 6.45) is 10.2. The minimum atomic E-state index is -4.27. The molecule has 0 aliphatic heterocycles. The lowest BCUT2D eigenvalue weighted by atomic mass is 10.2. The van der Waals surface area contributed by atoms with Gasteiger partial charge in [-0.3, -0.25) is 4.98 Å². The van der Waals surface area contributed by atoms with Crippen LogP contribution in [-0.2, 0) is 16.4 Å². The molecule has 0 saturated heterocycles. The molecule has 0 N–H and O–H groups in total. The highest BCUT2D eigenvalue weighted by molar-refractivity contribution is 8.01. The van der Waals surface area contributed by atoms with E-state index in [-0.39, 0.29) is 15.4 Å². The first kappa shape index (κ1) is 20.2. The van der Waals surface area contributed by atoms with Crippen molar-refractivity contribution >= 4 is 54.3 Å². The van der Waals surface area contributed by atoms with Crippen LogP contribution >= 0.6 is 34.0 Å². The van der Waals surface area contributed by atoms with E-state index >= 15 is 0 Å². The van der Waals surface area contributed by atoms with Crippen molar-refractivity contribution in [2.75, 3.05) is 12.5 Å². The van der Waals surface area contributed by atoms with Crippen molar-refractivity contribution in [2.24, 2.45) is 6.26 Å². The Kier molecular flexibility index (Phi) is 6.86. The first-order chi connectivity index (χ1) is 11.8. The number of fused-ring (bicyclic) bond motifs is 1. The molecule has 9 heteroatoms. The van der Waals surface area contributed by atoms with Gasteiger partial charge in [-0.25, -0.2) is 8.42 Å². The van der Waals surface area contributed by atoms with E-state index in [4.69, 9.17) is 0 Å². The number of aromatic nitrogens is 2. The lowest BCUT2D eigenvalue weighted by Crippen LogP contribution is -1.97. The lowest BCUT2D eigenvalue weighted by molar-refractivity contribution is 0.463. The van der Waals surface area contributed by atoms with Crippen molar-refractivity contribution in [1.82, 2.24) is 9.97 Å². The van der Waals surface area contributed by atoms with E-state index in [0.717, 1.165) is 11.1 Å². The fourth-order valence-electron chi connectivity index (χ4n) is 2.08. The van der Waals surface area contributed by atoms with Gasteiger partial charge in [0.1, 0.15) is 21.9 Å². The van der Waals surface area contributed by atoms with Crippen molar-refractivity contribution < 1.29 is 13.0 Å². The first-order valence-electron chi connectivity index (χ1n) is 7.11. The summed E-state index contributed by atoms with van der Waals surface area (Å²) in [6, 6.07) is 5.78. The Hall–Kier alpha value is -1.13. The maximum absolute atomic E-state index is 10.4. The van der Waals surface area contributed by atoms with Crippen molar-refractivity contribution in [3.63, 3.8) is 0 Å². The molecule has 1 unspecified atom stereocenters. The van der Waals surface area contributed by atoms with E-state index in [1.54, 1.807) is 35.7 Å². The zero-order valence-electron chi connectivity index (χ0n) is 14.2. The van der Waals surface area contributed by atoms with Gasteiger partial charge >= 0.3 is 4.34 Å². The molecular formula is C16H18N2O3S4. The maximum Gasteiger partial charge on any atom is 0.302 e. The third kappa shape index (κ3) is 4.95. The summed E-state index contributed by atoms with van der Waals surface area (Å²) in [6.45, 7) is 1.82. The van der Waals surface area contributed by atoms with Crippen molar-refractivity contribution in [3.05, 3.63) is 42.2 Å². The summed E-state index contributed by atoms with van der Waals surface area (Å²) in [5, 5.41) is 0. The van der Waals surface area contributed by atoms with Crippen LogP contribution in [0.5, 0.6) is 0 Å². The molecule has 0 aliphatic rings. The molecule has 134 valence electrons. The van der Waals surface area contributed by atoms with Gasteiger partial charge in [-0.05, 0) is 31.6 Å². The summed E-state index contributed by atoms with van der Waals surface area (Å²) in [4.78, 5) is 9.86. The van der Waals surface area contributed by atoms with Crippen LogP contribution in [0.25, 0.3) is 10.2 Å². The smallest absolute Gasteiger partial charge is 0.302 e. The zero-order chi connectivity index (χ0) is 18.6. The van der Waals surface area contributed by atoms with Gasteiger partial charge in [0, 0.05) is 16.7 Å². The van der Waals surface area contributed by atoms with Crippen LogP contribution in [-0.4, -0.2) is 35.5 Å². The minimum Gasteiger partial charge on any atom is -0.744 e. The average molecular weight is 415 g/mol. The van der Waals surface area contributed by atoms with Gasteiger partial charge in [-0.15, -0.1) is 11.8 Å². The average Bonchev–Trinajstić information content (AvgIpc) is 2.91. The van der Waals surface area contributed by atoms with E-state index in [1.165, 1.54) is 26.1 Å². The van der Waals surface area contributed by atoms with Crippen LogP contribution in [0.15, 0.2) is 50.8 Å². The Morgan fingerprint density at radius 3 is 2.24 bits per heavy atom. The Labute approximate surface area is 159 Å². The molecule has 25 heavy (non-hydrogen) atoms. The third-order valence-corrected chi connectivity index (χ3v) is 8.40. The molecule has 0 fully saturated rings. The van der Waals surface area contributed by atoms with E-state index in [9.17, 15) is 13.0 Å². The number of nitrogens with zero attached hydrogens (tertiary/aromatic N) is 2. The predicted octanol–water partition coefficient (Wildman–Crippen LogP) is 4.26. The Balaban J connectivity index is 0.000000186. The van der Waals surface area contributed by atoms with Gasteiger partial charge in [-0.1, -0.05) is 29.5 Å². The van der Waals surface area contributed by atoms with Crippen LogP contribution in [0.2, 0.25) is 0 Å². The number of benzene rings is 1. The second kappa shape index (κ2) is 8.50. The highest BCUT2D eigenvalue weighted by atomic mass is 32.2. The molecule has 0 bridgehead atoms. The third-order valence-electron chi connectivity index (χ3n) is 3.33. The quantitative estimate of drug-likeness (QED) is 0.360. The molecule has 5 nitrogen and oxygen atoms in total. The molecule has 2 aromatic heterocycles. The molecule has 0 amide bonds. The second-order valence-corrected chi connectivity index (χ2v) is 10.1. The summed E-state index contributed by atoms with van der Waals surface area (Å²) in [5.41, 5.74) is 1.99. The van der Waals surface area contributed by atoms with Crippen LogP contribution in [0.4, 0.5) is 0 Å². The zero-order valence-corrected chi connectivity index (χ0v) is 17.5. The molecule has 3 rings (SSSR count). The number of hydrogen-bond acceptors (Lipinski definition) is 7. The maximum atomic E-state index is 10.4. The van der Waals surface area contributed by atoms with Crippen molar-refractivity contribution in [2.45, 2.75) is 21.1 Å². The topological polar surface area (TPSA) is 83.0 Å². The molecular weight excluding hydrogens is 396 g/mol. The van der Waals surface area contributed by atoms with Gasteiger partial charge in [0.2, 0.25) is 4.70 Å². The fraction of sp³-hybridized carbons (Fsp3) is 0.250. The minimum absolute atomic E-state index is 0.155. The van der Waals surface area contributed by atoms with E-state index < -0.39 is 10.1 Å². The second-order valence-electron chi connectivity index (χ2n) is 5.05. The highest BCUT2D eigenvalue weighted by Gasteiger charge is 2.21. The SMILES string of the molecule is CSc1cncc2nc(SC)[s+](C)c12.Cc1ccc(S(=O)(=O)[O-])cc1. The number of thioether (sulfide) groups is 2. The summed E-state index contributed by atoms with van der Waals surface area (Å²) < 4.78 is 33.8. The predicted molar refractivity (Wildman–Crippen MR) is 106 cm³/mol. The van der Waals surface area contributed by atoms with E-state index in [2.05, 4.69) is 28.7 Å². The Morgan fingerprint density at radius 2 is 1.72 bits per heavy atom. The Bertz CT molecular complexity index is 967. The van der Waals surface area contributed by atoms with Crippen LogP contribution in [0.1, 0.15) is 5.56 Å². The molecule has 3 aromatic rings. The number of hydrogen-bond donors (Lipinski definition) is 0.